The number of nitrogens with zero attached hydrogens (tertiary/aromatic N) is 1. The summed E-state index contributed by atoms with van der Waals surface area (Å²) in [5.74, 6) is -2.80. The first-order chi connectivity index (χ1) is 20.7. The predicted octanol–water partition coefficient (Wildman–Crippen LogP) is 6.05. The number of aryl methyl sites for hydroxylation is 1. The zero-order valence-electron chi connectivity index (χ0n) is 23.3. The molecule has 226 valence electrons. The second kappa shape index (κ2) is 13.3. The quantitative estimate of drug-likeness (QED) is 0.259. The Morgan fingerprint density at radius 1 is 1.19 bits per heavy atom. The molecule has 2 aromatic carbocycles. The van der Waals surface area contributed by atoms with E-state index in [2.05, 4.69) is 25.9 Å². The van der Waals surface area contributed by atoms with Crippen LogP contribution in [-0.2, 0) is 14.3 Å². The molecule has 3 aromatic rings. The van der Waals surface area contributed by atoms with E-state index in [0.29, 0.717) is 42.1 Å². The van der Waals surface area contributed by atoms with Crippen LogP contribution in [0, 0.1) is 24.5 Å². The largest absolute Gasteiger partial charge is 0.449 e. The Morgan fingerprint density at radius 2 is 1.98 bits per heavy atom. The molecule has 2 aliphatic rings. The number of nitrogens with one attached hydrogen (secondary N) is 4. The molecule has 13 heteroatoms. The van der Waals surface area contributed by atoms with E-state index < -0.39 is 35.2 Å². The maximum atomic E-state index is 14.5. The molecule has 3 heterocycles. The highest BCUT2D eigenvalue weighted by molar-refractivity contribution is 6.32. The van der Waals surface area contributed by atoms with Crippen molar-refractivity contribution in [3.8, 4) is 11.3 Å². The standard InChI is InChI=1S/C30H30ClF2N5O5/c1-16-11-20(32)25(21(33)12-16)29(40)36-22-5-3-2-4-6-24(39)35-23-13-18(34-30(41)43-15-17-9-10-42-14-17)7-8-19(23)26-27(31)38-28(22)37-26/h2-3,7-8,11-13,17,22H,4-6,9-10,14-15H2,1H3,(H,34,41)(H,35,39)(H,36,40)(H,37,38)/t17?,22-/m0/s1. The Hall–Kier alpha value is -4.29. The number of rotatable bonds is 5. The first kappa shape index (κ1) is 30.2. The van der Waals surface area contributed by atoms with Gasteiger partial charge in [0.05, 0.1) is 24.9 Å². The zero-order valence-corrected chi connectivity index (χ0v) is 24.0. The molecule has 10 nitrogen and oxygen atoms in total. The van der Waals surface area contributed by atoms with Crippen molar-refractivity contribution >= 4 is 40.9 Å². The Labute approximate surface area is 251 Å². The summed E-state index contributed by atoms with van der Waals surface area (Å²) in [5.41, 5.74) is 1.05. The number of imidazole rings is 1. The molecule has 1 aromatic heterocycles. The van der Waals surface area contributed by atoms with Crippen molar-refractivity contribution in [2.24, 2.45) is 5.92 Å². The average molecular weight is 614 g/mol. The van der Waals surface area contributed by atoms with Crippen LogP contribution in [0.3, 0.4) is 0 Å². The maximum Gasteiger partial charge on any atom is 0.411 e. The average Bonchev–Trinajstić information content (AvgIpc) is 3.60. The van der Waals surface area contributed by atoms with Gasteiger partial charge in [-0.25, -0.2) is 18.6 Å². The summed E-state index contributed by atoms with van der Waals surface area (Å²) in [4.78, 5) is 45.7. The number of ether oxygens (including phenoxy) is 2. The van der Waals surface area contributed by atoms with E-state index >= 15 is 0 Å². The van der Waals surface area contributed by atoms with Gasteiger partial charge in [0.1, 0.15) is 33.9 Å². The molecule has 5 rings (SSSR count). The number of H-pyrrole nitrogens is 1. The molecule has 43 heavy (non-hydrogen) atoms. The van der Waals surface area contributed by atoms with Gasteiger partial charge in [0.15, 0.2) is 0 Å². The summed E-state index contributed by atoms with van der Waals surface area (Å²) in [6.07, 6.45) is 4.43. The summed E-state index contributed by atoms with van der Waals surface area (Å²) in [6, 6.07) is 6.14. The van der Waals surface area contributed by atoms with Crippen LogP contribution < -0.4 is 16.0 Å². The van der Waals surface area contributed by atoms with Gasteiger partial charge in [-0.1, -0.05) is 23.8 Å². The SMILES string of the molecule is Cc1cc(F)c(C(=O)N[C@H]2CC=CCCC(=O)Nc3cc(NC(=O)OCC4CCOC4)ccc3-c3nc2[nH]c3Cl)c(F)c1. The van der Waals surface area contributed by atoms with Crippen LogP contribution in [0.25, 0.3) is 11.3 Å². The fourth-order valence-corrected chi connectivity index (χ4v) is 5.11. The molecule has 4 N–H and O–H groups in total. The van der Waals surface area contributed by atoms with Crippen molar-refractivity contribution in [2.45, 2.75) is 38.6 Å². The molecule has 1 fully saturated rings. The lowest BCUT2D eigenvalue weighted by molar-refractivity contribution is -0.116. The maximum absolute atomic E-state index is 14.5. The molecule has 0 radical (unpaired) electrons. The number of aromatic amines is 1. The molecular weight excluding hydrogens is 584 g/mol. The Bertz CT molecular complexity index is 1550. The molecular formula is C30H30ClF2N5O5. The summed E-state index contributed by atoms with van der Waals surface area (Å²) in [5, 5.41) is 8.27. The van der Waals surface area contributed by atoms with Gasteiger partial charge in [0.25, 0.3) is 5.91 Å². The molecule has 0 spiro atoms. The predicted molar refractivity (Wildman–Crippen MR) is 156 cm³/mol. The zero-order chi connectivity index (χ0) is 30.5. The van der Waals surface area contributed by atoms with Crippen molar-refractivity contribution in [1.82, 2.24) is 15.3 Å². The first-order valence-corrected chi connectivity index (χ1v) is 14.2. The van der Waals surface area contributed by atoms with Gasteiger partial charge in [-0.2, -0.15) is 0 Å². The van der Waals surface area contributed by atoms with E-state index in [-0.39, 0.29) is 47.9 Å². The fourth-order valence-electron chi connectivity index (χ4n) is 4.87. The highest BCUT2D eigenvalue weighted by Crippen LogP contribution is 2.36. The lowest BCUT2D eigenvalue weighted by Crippen LogP contribution is -2.30. The summed E-state index contributed by atoms with van der Waals surface area (Å²) < 4.78 is 39.7. The van der Waals surface area contributed by atoms with Crippen LogP contribution in [0.1, 0.15) is 53.5 Å². The van der Waals surface area contributed by atoms with Crippen LogP contribution in [0.5, 0.6) is 0 Å². The summed E-state index contributed by atoms with van der Waals surface area (Å²) >= 11 is 6.55. The van der Waals surface area contributed by atoms with Gasteiger partial charge in [-0.3, -0.25) is 14.9 Å². The number of hydrogen-bond acceptors (Lipinski definition) is 6. The number of carbonyl (C=O) groups is 3. The fraction of sp³-hybridized carbons (Fsp3) is 0.333. The molecule has 2 bridgehead atoms. The van der Waals surface area contributed by atoms with E-state index in [1.165, 1.54) is 6.92 Å². The van der Waals surface area contributed by atoms with Crippen molar-refractivity contribution in [3.63, 3.8) is 0 Å². The lowest BCUT2D eigenvalue weighted by atomic mass is 10.1. The number of aromatic nitrogens is 2. The number of allylic oxidation sites excluding steroid dienone is 1. The second-order valence-corrected chi connectivity index (χ2v) is 10.8. The molecule has 1 saturated heterocycles. The van der Waals surface area contributed by atoms with Crippen LogP contribution in [0.4, 0.5) is 25.0 Å². The third kappa shape index (κ3) is 7.38. The van der Waals surface area contributed by atoms with Gasteiger partial charge in [0, 0.05) is 30.2 Å². The molecule has 0 saturated carbocycles. The van der Waals surface area contributed by atoms with Gasteiger partial charge >= 0.3 is 6.09 Å². The van der Waals surface area contributed by atoms with E-state index in [1.807, 2.05) is 0 Å². The van der Waals surface area contributed by atoms with Gasteiger partial charge < -0.3 is 25.1 Å². The van der Waals surface area contributed by atoms with Crippen molar-refractivity contribution in [1.29, 1.82) is 0 Å². The van der Waals surface area contributed by atoms with Crippen molar-refractivity contribution in [3.05, 3.63) is 76.2 Å². The minimum Gasteiger partial charge on any atom is -0.449 e. The summed E-state index contributed by atoms with van der Waals surface area (Å²) in [7, 11) is 0. The minimum absolute atomic E-state index is 0.109. The van der Waals surface area contributed by atoms with Crippen LogP contribution >= 0.6 is 11.6 Å². The molecule has 3 amide bonds. The highest BCUT2D eigenvalue weighted by atomic mass is 35.5. The second-order valence-electron chi connectivity index (χ2n) is 10.4. The van der Waals surface area contributed by atoms with Crippen LogP contribution in [-0.4, -0.2) is 47.7 Å². The lowest BCUT2D eigenvalue weighted by Gasteiger charge is -2.16. The number of fused-ring (bicyclic) bond motifs is 4. The Kier molecular flexibility index (Phi) is 9.37. The van der Waals surface area contributed by atoms with Crippen LogP contribution in [0.15, 0.2) is 42.5 Å². The van der Waals surface area contributed by atoms with E-state index in [0.717, 1.165) is 18.6 Å². The minimum atomic E-state index is -0.979. The van der Waals surface area contributed by atoms with Crippen LogP contribution in [0.2, 0.25) is 5.15 Å². The van der Waals surface area contributed by atoms with Crippen molar-refractivity contribution in [2.75, 3.05) is 30.5 Å². The molecule has 2 atom stereocenters. The van der Waals surface area contributed by atoms with E-state index in [1.54, 1.807) is 30.4 Å². The van der Waals surface area contributed by atoms with E-state index in [9.17, 15) is 23.2 Å². The number of amides is 3. The molecule has 0 aliphatic carbocycles. The van der Waals surface area contributed by atoms with E-state index in [4.69, 9.17) is 21.1 Å². The number of anilines is 2. The first-order valence-electron chi connectivity index (χ1n) is 13.8. The number of carbonyl (C=O) groups excluding carboxylic acids is 3. The van der Waals surface area contributed by atoms with Gasteiger partial charge in [0.2, 0.25) is 5.91 Å². The third-order valence-electron chi connectivity index (χ3n) is 7.07. The number of benzene rings is 2. The third-order valence-corrected chi connectivity index (χ3v) is 7.35. The molecule has 1 unspecified atom stereocenters. The van der Waals surface area contributed by atoms with Crippen molar-refractivity contribution < 1.29 is 32.6 Å². The summed E-state index contributed by atoms with van der Waals surface area (Å²) in [6.45, 7) is 2.94. The van der Waals surface area contributed by atoms with Gasteiger partial charge in [-0.15, -0.1) is 0 Å². The normalized spacial score (nSPS) is 18.5. The number of halogens is 3. The smallest absolute Gasteiger partial charge is 0.411 e. The Balaban J connectivity index is 1.42. The topological polar surface area (TPSA) is 134 Å². The number of hydrogen-bond donors (Lipinski definition) is 4. The Morgan fingerprint density at radius 3 is 2.72 bits per heavy atom. The highest BCUT2D eigenvalue weighted by Gasteiger charge is 2.26. The monoisotopic (exact) mass is 613 g/mol. The van der Waals surface area contributed by atoms with Gasteiger partial charge in [-0.05, 0) is 62.1 Å². The molecule has 2 aliphatic heterocycles.